The normalized spacial score (nSPS) is 12.3. The summed E-state index contributed by atoms with van der Waals surface area (Å²) >= 11 is 0. The van der Waals surface area contributed by atoms with Crippen molar-refractivity contribution in [2.75, 3.05) is 11.9 Å². The molecule has 0 fully saturated rings. The molecule has 4 N–H and O–H groups in total. The molecule has 0 aromatic heterocycles. The second-order valence-electron chi connectivity index (χ2n) is 13.8. The number of alkyl carbamates (subject to hydrolysis) is 2. The molecule has 0 aliphatic heterocycles. The number of halogens is 3. The zero-order valence-corrected chi connectivity index (χ0v) is 30.2. The second-order valence-corrected chi connectivity index (χ2v) is 13.8. The molecule has 2 rings (SSSR count). The monoisotopic (exact) mass is 721 g/mol. The number of guanidine groups is 1. The fourth-order valence-electron chi connectivity index (χ4n) is 4.21. The summed E-state index contributed by atoms with van der Waals surface area (Å²) in [4.78, 5) is 67.0. The predicted molar refractivity (Wildman–Crippen MR) is 183 cm³/mol. The van der Waals surface area contributed by atoms with E-state index in [1.54, 1.807) is 60.6 Å². The number of alkyl halides is 3. The third-order valence-electron chi connectivity index (χ3n) is 6.14. The lowest BCUT2D eigenvalue weighted by Crippen LogP contribution is -2.47. The molecule has 1 atom stereocenters. The predicted octanol–water partition coefficient (Wildman–Crippen LogP) is 6.63. The molecule has 0 heterocycles. The highest BCUT2D eigenvalue weighted by molar-refractivity contribution is 6.06. The number of aliphatic imine (C=N–C) groups is 1. The number of nitrogens with zero attached hydrogens (tertiary/aromatic N) is 1. The minimum absolute atomic E-state index is 0.0697. The number of carbonyl (C=O) groups is 5. The molecular formula is C35H46F3N5O8. The number of ether oxygens (including phenoxy) is 3. The Kier molecular flexibility index (Phi) is 14.6. The summed E-state index contributed by atoms with van der Waals surface area (Å²) in [6.07, 6.45) is -6.75. The molecule has 2 aromatic carbocycles. The van der Waals surface area contributed by atoms with E-state index in [1.165, 1.54) is 12.1 Å². The lowest BCUT2D eigenvalue weighted by Gasteiger charge is -2.22. The van der Waals surface area contributed by atoms with Gasteiger partial charge in [0.2, 0.25) is 11.9 Å². The van der Waals surface area contributed by atoms with Gasteiger partial charge in [0.1, 0.15) is 17.2 Å². The van der Waals surface area contributed by atoms with Gasteiger partial charge in [0.25, 0.3) is 5.91 Å². The van der Waals surface area contributed by atoms with E-state index in [4.69, 9.17) is 14.2 Å². The van der Waals surface area contributed by atoms with Crippen molar-refractivity contribution in [3.05, 3.63) is 59.2 Å². The number of carbonyl (C=O) groups excluding carboxylic acids is 5. The zero-order valence-electron chi connectivity index (χ0n) is 30.2. The van der Waals surface area contributed by atoms with Gasteiger partial charge in [0.15, 0.2) is 0 Å². The van der Waals surface area contributed by atoms with Crippen molar-refractivity contribution in [1.82, 2.24) is 16.0 Å². The van der Waals surface area contributed by atoms with Gasteiger partial charge in [-0.3, -0.25) is 20.2 Å². The van der Waals surface area contributed by atoms with E-state index in [9.17, 15) is 37.1 Å². The first-order valence-electron chi connectivity index (χ1n) is 16.1. The SMILES string of the molecule is CCOC(=O)C(Cc1ccc(NC(=O)c2cc(N=C(NC(=O)OC(C)(C)C)NC(=O)OC(C)(C)C)cc(C(F)(F)F)c2)cc1)NC(=O)CC(C)C. The molecule has 51 heavy (non-hydrogen) atoms. The molecule has 1 unspecified atom stereocenters. The molecule has 280 valence electrons. The summed E-state index contributed by atoms with van der Waals surface area (Å²) in [6, 6.07) is 7.42. The first kappa shape index (κ1) is 42.0. The van der Waals surface area contributed by atoms with Crippen molar-refractivity contribution >= 4 is 47.3 Å². The van der Waals surface area contributed by atoms with E-state index in [1.807, 2.05) is 13.8 Å². The lowest BCUT2D eigenvalue weighted by atomic mass is 10.0. The lowest BCUT2D eigenvalue weighted by molar-refractivity contribution is -0.147. The van der Waals surface area contributed by atoms with Gasteiger partial charge in [-0.15, -0.1) is 0 Å². The highest BCUT2D eigenvalue weighted by Gasteiger charge is 2.32. The van der Waals surface area contributed by atoms with Crippen molar-refractivity contribution in [3.63, 3.8) is 0 Å². The van der Waals surface area contributed by atoms with Crippen molar-refractivity contribution in [1.29, 1.82) is 0 Å². The van der Waals surface area contributed by atoms with E-state index in [-0.39, 0.29) is 37.0 Å². The summed E-state index contributed by atoms with van der Waals surface area (Å²) in [5.41, 5.74) is -3.24. The van der Waals surface area contributed by atoms with Crippen LogP contribution in [0, 0.1) is 5.92 Å². The minimum atomic E-state index is -4.90. The number of esters is 1. The van der Waals surface area contributed by atoms with Crippen molar-refractivity contribution in [2.45, 2.75) is 98.6 Å². The van der Waals surface area contributed by atoms with E-state index in [2.05, 4.69) is 26.3 Å². The van der Waals surface area contributed by atoms with Crippen LogP contribution >= 0.6 is 0 Å². The first-order chi connectivity index (χ1) is 23.4. The largest absolute Gasteiger partial charge is 0.464 e. The number of amides is 4. The van der Waals surface area contributed by atoms with Crippen molar-refractivity contribution in [3.8, 4) is 0 Å². The van der Waals surface area contributed by atoms with E-state index < -0.39 is 70.3 Å². The van der Waals surface area contributed by atoms with Crippen LogP contribution < -0.4 is 21.3 Å². The Morgan fingerprint density at radius 1 is 0.824 bits per heavy atom. The molecule has 0 aliphatic rings. The number of nitrogens with one attached hydrogen (secondary N) is 4. The number of benzene rings is 2. The maximum absolute atomic E-state index is 13.9. The molecule has 13 nitrogen and oxygen atoms in total. The molecule has 16 heteroatoms. The highest BCUT2D eigenvalue weighted by atomic mass is 19.4. The van der Waals surface area contributed by atoms with Crippen molar-refractivity contribution in [2.24, 2.45) is 10.9 Å². The van der Waals surface area contributed by atoms with E-state index in [0.29, 0.717) is 17.7 Å². The van der Waals surface area contributed by atoms with Crippen LogP contribution in [0.25, 0.3) is 0 Å². The maximum atomic E-state index is 13.9. The van der Waals surface area contributed by atoms with Gasteiger partial charge in [-0.25, -0.2) is 19.4 Å². The Bertz CT molecular complexity index is 1560. The van der Waals surface area contributed by atoms with Crippen LogP contribution in [0.15, 0.2) is 47.5 Å². The summed E-state index contributed by atoms with van der Waals surface area (Å²) in [5, 5.41) is 9.55. The van der Waals surface area contributed by atoms with Gasteiger partial charge in [0, 0.05) is 24.1 Å². The smallest absolute Gasteiger partial charge is 0.416 e. The molecule has 0 bridgehead atoms. The number of hydrogen-bond acceptors (Lipinski definition) is 9. The first-order valence-corrected chi connectivity index (χ1v) is 16.1. The minimum Gasteiger partial charge on any atom is -0.464 e. The molecule has 0 radical (unpaired) electrons. The Morgan fingerprint density at radius 3 is 1.84 bits per heavy atom. The van der Waals surface area contributed by atoms with Crippen LogP contribution in [0.5, 0.6) is 0 Å². The Labute approximate surface area is 295 Å². The third kappa shape index (κ3) is 16.0. The molecule has 2 aromatic rings. The van der Waals surface area contributed by atoms with Gasteiger partial charge in [-0.05, 0) is 90.3 Å². The Hall–Kier alpha value is -5.15. The van der Waals surface area contributed by atoms with Gasteiger partial charge < -0.3 is 24.8 Å². The van der Waals surface area contributed by atoms with Crippen LogP contribution in [0.2, 0.25) is 0 Å². The molecule has 0 aliphatic carbocycles. The number of rotatable bonds is 10. The molecule has 0 spiro atoms. The molecule has 0 saturated heterocycles. The van der Waals surface area contributed by atoms with Crippen LogP contribution in [-0.2, 0) is 36.4 Å². The van der Waals surface area contributed by atoms with Crippen LogP contribution in [0.4, 0.5) is 34.1 Å². The van der Waals surface area contributed by atoms with Gasteiger partial charge >= 0.3 is 24.3 Å². The van der Waals surface area contributed by atoms with Crippen LogP contribution in [0.3, 0.4) is 0 Å². The Morgan fingerprint density at radius 2 is 1.37 bits per heavy atom. The molecule has 0 saturated carbocycles. The maximum Gasteiger partial charge on any atom is 0.416 e. The topological polar surface area (TPSA) is 174 Å². The average Bonchev–Trinajstić information content (AvgIpc) is 2.94. The van der Waals surface area contributed by atoms with Gasteiger partial charge in [-0.2, -0.15) is 13.2 Å². The summed E-state index contributed by atoms with van der Waals surface area (Å²) in [5.74, 6) is -2.41. The molecule has 4 amide bonds. The highest BCUT2D eigenvalue weighted by Crippen LogP contribution is 2.33. The van der Waals surface area contributed by atoms with Crippen molar-refractivity contribution < 1.29 is 51.4 Å². The van der Waals surface area contributed by atoms with Crippen LogP contribution in [0.1, 0.15) is 90.2 Å². The Balaban J connectivity index is 2.40. The summed E-state index contributed by atoms with van der Waals surface area (Å²) in [6.45, 7) is 14.9. The van der Waals surface area contributed by atoms with Gasteiger partial charge in [-0.1, -0.05) is 26.0 Å². The number of anilines is 1. The number of hydrogen-bond donors (Lipinski definition) is 4. The standard InChI is InChI=1S/C35H46F3N5O8/c1-10-49-29(46)26(41-27(44)15-20(2)3)16-21-11-13-24(14-12-21)39-28(45)22-17-23(35(36,37)38)19-25(18-22)40-30(42-31(47)50-33(4,5)6)43-32(48)51-34(7,8)9/h11-14,17-20,26H,10,15-16H2,1-9H3,(H,39,45)(H,41,44)(H2,40,42,43,47,48). The van der Waals surface area contributed by atoms with Crippen LogP contribution in [-0.4, -0.2) is 59.8 Å². The zero-order chi connectivity index (χ0) is 38.7. The average molecular weight is 722 g/mol. The fourth-order valence-corrected chi connectivity index (χ4v) is 4.21. The quantitative estimate of drug-likeness (QED) is 0.0916. The van der Waals surface area contributed by atoms with E-state index >= 15 is 0 Å². The summed E-state index contributed by atoms with van der Waals surface area (Å²) < 4.78 is 57.3. The summed E-state index contributed by atoms with van der Waals surface area (Å²) in [7, 11) is 0. The third-order valence-corrected chi connectivity index (χ3v) is 6.14. The fraction of sp³-hybridized carbons (Fsp3) is 0.486. The molecular weight excluding hydrogens is 675 g/mol. The van der Waals surface area contributed by atoms with Gasteiger partial charge in [0.05, 0.1) is 17.9 Å². The second kappa shape index (κ2) is 17.7. The van der Waals surface area contributed by atoms with E-state index in [0.717, 1.165) is 6.07 Å².